The molecular formula is C20H18N6O. The summed E-state index contributed by atoms with van der Waals surface area (Å²) in [6.07, 6.45) is 1.56. The Morgan fingerprint density at radius 2 is 1.85 bits per heavy atom. The van der Waals surface area contributed by atoms with Crippen molar-refractivity contribution < 1.29 is 4.79 Å². The van der Waals surface area contributed by atoms with E-state index < -0.39 is 0 Å². The highest BCUT2D eigenvalue weighted by Gasteiger charge is 2.08. The summed E-state index contributed by atoms with van der Waals surface area (Å²) in [7, 11) is 3.93. The molecule has 0 saturated carbocycles. The van der Waals surface area contributed by atoms with Crippen LogP contribution in [0.25, 0.3) is 16.9 Å². The fourth-order valence-corrected chi connectivity index (χ4v) is 2.75. The van der Waals surface area contributed by atoms with E-state index in [1.165, 1.54) is 0 Å². The van der Waals surface area contributed by atoms with Gasteiger partial charge in [-0.2, -0.15) is 9.61 Å². The first kappa shape index (κ1) is 16.7. The highest BCUT2D eigenvalue weighted by molar-refractivity contribution is 6.04. The van der Waals surface area contributed by atoms with E-state index in [1.54, 1.807) is 10.8 Å². The Hall–Kier alpha value is -3.74. The Labute approximate surface area is 156 Å². The number of nitrogens with zero attached hydrogens (tertiary/aromatic N) is 5. The second-order valence-electron chi connectivity index (χ2n) is 6.33. The minimum absolute atomic E-state index is 0.153. The molecule has 0 aliphatic carbocycles. The number of aromatic nitrogens is 4. The molecule has 4 rings (SSSR count). The molecule has 0 spiro atoms. The predicted octanol–water partition coefficient (Wildman–Crippen LogP) is 3.11. The Bertz CT molecular complexity index is 1100. The second-order valence-corrected chi connectivity index (χ2v) is 6.33. The van der Waals surface area contributed by atoms with Crippen LogP contribution in [-0.4, -0.2) is 39.8 Å². The molecule has 7 heteroatoms. The summed E-state index contributed by atoms with van der Waals surface area (Å²) in [6.45, 7) is 0. The van der Waals surface area contributed by atoms with Gasteiger partial charge in [0.25, 0.3) is 5.91 Å². The van der Waals surface area contributed by atoms with Crippen LogP contribution in [0.1, 0.15) is 10.4 Å². The lowest BCUT2D eigenvalue weighted by Crippen LogP contribution is -2.13. The summed E-state index contributed by atoms with van der Waals surface area (Å²) in [4.78, 5) is 14.5. The maximum atomic E-state index is 12.5. The number of hydrogen-bond acceptors (Lipinski definition) is 5. The molecule has 0 saturated heterocycles. The quantitative estimate of drug-likeness (QED) is 0.607. The first-order valence-electron chi connectivity index (χ1n) is 8.46. The van der Waals surface area contributed by atoms with Crippen LogP contribution < -0.4 is 10.2 Å². The summed E-state index contributed by atoms with van der Waals surface area (Å²) >= 11 is 0. The van der Waals surface area contributed by atoms with E-state index in [4.69, 9.17) is 0 Å². The van der Waals surface area contributed by atoms with Crippen LogP contribution in [0.2, 0.25) is 0 Å². The van der Waals surface area contributed by atoms with Gasteiger partial charge >= 0.3 is 0 Å². The van der Waals surface area contributed by atoms with Crippen molar-refractivity contribution in [3.8, 4) is 11.3 Å². The zero-order chi connectivity index (χ0) is 18.8. The first-order valence-corrected chi connectivity index (χ1v) is 8.46. The molecule has 0 aliphatic heterocycles. The maximum Gasteiger partial charge on any atom is 0.255 e. The molecule has 0 unspecified atom stereocenters. The van der Waals surface area contributed by atoms with Crippen LogP contribution in [0.4, 0.5) is 11.4 Å². The average Bonchev–Trinajstić information content (AvgIpc) is 3.16. The molecule has 1 amide bonds. The van der Waals surface area contributed by atoms with Crippen LogP contribution in [0.5, 0.6) is 0 Å². The monoisotopic (exact) mass is 358 g/mol. The zero-order valence-corrected chi connectivity index (χ0v) is 15.0. The number of nitrogens with one attached hydrogen (secondary N) is 1. The van der Waals surface area contributed by atoms with Gasteiger partial charge in [-0.15, -0.1) is 10.2 Å². The van der Waals surface area contributed by atoms with Gasteiger partial charge in [0.2, 0.25) is 0 Å². The lowest BCUT2D eigenvalue weighted by molar-refractivity contribution is 0.102. The van der Waals surface area contributed by atoms with Crippen LogP contribution in [0.15, 0.2) is 67.0 Å². The molecule has 0 aliphatic rings. The fourth-order valence-electron chi connectivity index (χ4n) is 2.75. The number of benzene rings is 2. The Kier molecular flexibility index (Phi) is 4.25. The molecule has 0 atom stereocenters. The highest BCUT2D eigenvalue weighted by Crippen LogP contribution is 2.22. The molecule has 0 radical (unpaired) electrons. The summed E-state index contributed by atoms with van der Waals surface area (Å²) in [5.41, 5.74) is 4.71. The van der Waals surface area contributed by atoms with Crippen molar-refractivity contribution in [1.29, 1.82) is 0 Å². The predicted molar refractivity (Wildman–Crippen MR) is 105 cm³/mol. The Morgan fingerprint density at radius 3 is 2.63 bits per heavy atom. The van der Waals surface area contributed by atoms with Gasteiger partial charge in [-0.1, -0.05) is 12.1 Å². The summed E-state index contributed by atoms with van der Waals surface area (Å²) < 4.78 is 1.62. The van der Waals surface area contributed by atoms with Crippen LogP contribution >= 0.6 is 0 Å². The van der Waals surface area contributed by atoms with Crippen molar-refractivity contribution in [2.75, 3.05) is 24.3 Å². The van der Waals surface area contributed by atoms with Gasteiger partial charge in [-0.3, -0.25) is 4.79 Å². The standard InChI is InChI=1S/C20H18N6O/c1-25(2)17-8-6-14(7-9-17)20(27)22-16-5-3-4-15(12-16)18-10-11-19-23-21-13-26(19)24-18/h3-13H,1-2H3,(H,22,27). The molecular weight excluding hydrogens is 340 g/mol. The second kappa shape index (κ2) is 6.87. The van der Waals surface area contributed by atoms with E-state index in [9.17, 15) is 4.79 Å². The molecule has 1 N–H and O–H groups in total. The number of carbonyl (C=O) groups is 1. The van der Waals surface area contributed by atoms with Crippen LogP contribution in [-0.2, 0) is 0 Å². The third-order valence-electron chi connectivity index (χ3n) is 4.22. The van der Waals surface area contributed by atoms with E-state index in [1.807, 2.05) is 79.7 Å². The fraction of sp³-hybridized carbons (Fsp3) is 0.100. The summed E-state index contributed by atoms with van der Waals surface area (Å²) in [5, 5.41) is 15.2. The topological polar surface area (TPSA) is 75.4 Å². The van der Waals surface area contributed by atoms with Gasteiger partial charge in [0.15, 0.2) is 5.65 Å². The summed E-state index contributed by atoms with van der Waals surface area (Å²) in [5.74, 6) is -0.153. The van der Waals surface area contributed by atoms with Gasteiger partial charge in [0.1, 0.15) is 6.33 Å². The number of hydrogen-bond donors (Lipinski definition) is 1. The largest absolute Gasteiger partial charge is 0.378 e. The molecule has 0 bridgehead atoms. The third kappa shape index (κ3) is 3.48. The smallest absolute Gasteiger partial charge is 0.255 e. The SMILES string of the molecule is CN(C)c1ccc(C(=O)Nc2cccc(-c3ccc4nncn4n3)c2)cc1. The molecule has 7 nitrogen and oxygen atoms in total. The van der Waals surface area contributed by atoms with Gasteiger partial charge in [-0.05, 0) is 48.5 Å². The van der Waals surface area contributed by atoms with Gasteiger partial charge in [-0.25, -0.2) is 0 Å². The molecule has 2 aromatic carbocycles. The van der Waals surface area contributed by atoms with Crippen molar-refractivity contribution in [3.05, 3.63) is 72.6 Å². The van der Waals surface area contributed by atoms with E-state index in [-0.39, 0.29) is 5.91 Å². The van der Waals surface area contributed by atoms with Crippen LogP contribution in [0.3, 0.4) is 0 Å². The third-order valence-corrected chi connectivity index (χ3v) is 4.22. The lowest BCUT2D eigenvalue weighted by atomic mass is 10.1. The number of fused-ring (bicyclic) bond motifs is 1. The van der Waals surface area contributed by atoms with Crippen molar-refractivity contribution in [1.82, 2.24) is 19.8 Å². The number of carbonyl (C=O) groups excluding carboxylic acids is 1. The van der Waals surface area contributed by atoms with Gasteiger partial charge < -0.3 is 10.2 Å². The van der Waals surface area contributed by atoms with Crippen molar-refractivity contribution in [2.24, 2.45) is 0 Å². The minimum Gasteiger partial charge on any atom is -0.378 e. The lowest BCUT2D eigenvalue weighted by Gasteiger charge is -2.13. The van der Waals surface area contributed by atoms with Crippen molar-refractivity contribution in [2.45, 2.75) is 0 Å². The van der Waals surface area contributed by atoms with E-state index >= 15 is 0 Å². The van der Waals surface area contributed by atoms with E-state index in [2.05, 4.69) is 20.6 Å². The van der Waals surface area contributed by atoms with Crippen molar-refractivity contribution in [3.63, 3.8) is 0 Å². The molecule has 2 heterocycles. The molecule has 4 aromatic rings. The number of rotatable bonds is 4. The average molecular weight is 358 g/mol. The van der Waals surface area contributed by atoms with Gasteiger partial charge in [0.05, 0.1) is 5.69 Å². The molecule has 0 fully saturated rings. The van der Waals surface area contributed by atoms with Gasteiger partial charge in [0, 0.05) is 36.6 Å². The Balaban J connectivity index is 1.56. The number of amides is 1. The zero-order valence-electron chi connectivity index (χ0n) is 15.0. The highest BCUT2D eigenvalue weighted by atomic mass is 16.1. The molecule has 134 valence electrons. The number of anilines is 2. The minimum atomic E-state index is -0.153. The normalized spacial score (nSPS) is 10.7. The van der Waals surface area contributed by atoms with Crippen LogP contribution in [0, 0.1) is 0 Å². The molecule has 27 heavy (non-hydrogen) atoms. The maximum absolute atomic E-state index is 12.5. The van der Waals surface area contributed by atoms with E-state index in [0.29, 0.717) is 16.9 Å². The summed E-state index contributed by atoms with van der Waals surface area (Å²) in [6, 6.07) is 18.8. The molecule has 2 aromatic heterocycles. The first-order chi connectivity index (χ1) is 13.1. The Morgan fingerprint density at radius 1 is 1.04 bits per heavy atom. The van der Waals surface area contributed by atoms with Crippen molar-refractivity contribution >= 4 is 22.9 Å². The van der Waals surface area contributed by atoms with E-state index in [0.717, 1.165) is 16.9 Å².